The zero-order valence-corrected chi connectivity index (χ0v) is 8.51. The molecule has 14 heavy (non-hydrogen) atoms. The Bertz CT molecular complexity index is 335. The average molecular weight is 200 g/mol. The lowest BCUT2D eigenvalue weighted by Gasteiger charge is -2.16. The van der Waals surface area contributed by atoms with Crippen molar-refractivity contribution >= 4 is 5.69 Å². The van der Waals surface area contributed by atoms with Crippen molar-refractivity contribution in [2.45, 2.75) is 13.0 Å². The van der Waals surface area contributed by atoms with Crippen LogP contribution < -0.4 is 10.6 Å². The standard InChI is InChI=1S/C10H14F2N2/c1-6(13)7-4-8(11)10(12)9(5-7)14(2)3/h4-6H,13H2,1-3H3. The van der Waals surface area contributed by atoms with Crippen LogP contribution in [0.4, 0.5) is 14.5 Å². The first-order chi connectivity index (χ1) is 6.43. The molecule has 2 N–H and O–H groups in total. The molecule has 0 heterocycles. The first kappa shape index (κ1) is 10.9. The molecule has 1 rings (SSSR count). The molecule has 1 unspecified atom stereocenters. The lowest BCUT2D eigenvalue weighted by Crippen LogP contribution is -2.14. The third-order valence-corrected chi connectivity index (χ3v) is 2.04. The summed E-state index contributed by atoms with van der Waals surface area (Å²) < 4.78 is 26.3. The lowest BCUT2D eigenvalue weighted by atomic mass is 10.1. The molecule has 78 valence electrons. The topological polar surface area (TPSA) is 29.3 Å². The minimum absolute atomic E-state index is 0.220. The van der Waals surface area contributed by atoms with Gasteiger partial charge in [0.15, 0.2) is 11.6 Å². The minimum Gasteiger partial charge on any atom is -0.375 e. The first-order valence-corrected chi connectivity index (χ1v) is 4.35. The van der Waals surface area contributed by atoms with Crippen LogP contribution in [0.5, 0.6) is 0 Å². The van der Waals surface area contributed by atoms with Gasteiger partial charge in [0.1, 0.15) is 0 Å². The summed E-state index contributed by atoms with van der Waals surface area (Å²) in [4.78, 5) is 1.52. The van der Waals surface area contributed by atoms with E-state index in [1.807, 2.05) is 0 Å². The SMILES string of the molecule is CC(N)c1cc(F)c(F)c(N(C)C)c1. The summed E-state index contributed by atoms with van der Waals surface area (Å²) in [6.45, 7) is 1.73. The van der Waals surface area contributed by atoms with Crippen LogP contribution in [0.15, 0.2) is 12.1 Å². The molecule has 1 atom stereocenters. The summed E-state index contributed by atoms with van der Waals surface area (Å²) in [5.41, 5.74) is 6.40. The number of halogens is 2. The number of anilines is 1. The Balaban J connectivity index is 3.28. The molecule has 1 aromatic rings. The summed E-state index contributed by atoms with van der Waals surface area (Å²) in [5, 5.41) is 0. The summed E-state index contributed by atoms with van der Waals surface area (Å²) in [6.07, 6.45) is 0. The second-order valence-corrected chi connectivity index (χ2v) is 3.52. The van der Waals surface area contributed by atoms with Crippen LogP contribution in [0.25, 0.3) is 0 Å². The number of hydrogen-bond acceptors (Lipinski definition) is 2. The molecule has 0 bridgehead atoms. The Morgan fingerprint density at radius 1 is 1.29 bits per heavy atom. The van der Waals surface area contributed by atoms with Crippen molar-refractivity contribution in [3.05, 3.63) is 29.3 Å². The zero-order valence-electron chi connectivity index (χ0n) is 8.51. The molecule has 0 spiro atoms. The van der Waals surface area contributed by atoms with Gasteiger partial charge in [-0.15, -0.1) is 0 Å². The van der Waals surface area contributed by atoms with E-state index in [4.69, 9.17) is 5.73 Å². The second-order valence-electron chi connectivity index (χ2n) is 3.52. The molecule has 2 nitrogen and oxygen atoms in total. The van der Waals surface area contributed by atoms with Gasteiger partial charge in [-0.3, -0.25) is 0 Å². The van der Waals surface area contributed by atoms with Crippen molar-refractivity contribution in [3.63, 3.8) is 0 Å². The van der Waals surface area contributed by atoms with E-state index in [2.05, 4.69) is 0 Å². The highest BCUT2D eigenvalue weighted by atomic mass is 19.2. The van der Waals surface area contributed by atoms with Gasteiger partial charge in [0.2, 0.25) is 0 Å². The monoisotopic (exact) mass is 200 g/mol. The van der Waals surface area contributed by atoms with Crippen molar-refractivity contribution in [2.75, 3.05) is 19.0 Å². The van der Waals surface area contributed by atoms with Crippen LogP contribution in [0.2, 0.25) is 0 Å². The molecule has 0 aromatic heterocycles. The van der Waals surface area contributed by atoms with Gasteiger partial charge in [0.25, 0.3) is 0 Å². The van der Waals surface area contributed by atoms with E-state index in [0.717, 1.165) is 6.07 Å². The van der Waals surface area contributed by atoms with Gasteiger partial charge in [-0.2, -0.15) is 0 Å². The Morgan fingerprint density at radius 3 is 2.29 bits per heavy atom. The van der Waals surface area contributed by atoms with Crippen LogP contribution in [-0.2, 0) is 0 Å². The molecule has 0 saturated heterocycles. The third-order valence-electron chi connectivity index (χ3n) is 2.04. The highest BCUT2D eigenvalue weighted by molar-refractivity contribution is 5.49. The van der Waals surface area contributed by atoms with E-state index < -0.39 is 11.6 Å². The summed E-state index contributed by atoms with van der Waals surface area (Å²) in [6, 6.07) is 2.39. The summed E-state index contributed by atoms with van der Waals surface area (Å²) in [7, 11) is 3.31. The van der Waals surface area contributed by atoms with Gasteiger partial charge in [-0.1, -0.05) is 0 Å². The second kappa shape index (κ2) is 3.92. The molecule has 0 aliphatic heterocycles. The smallest absolute Gasteiger partial charge is 0.182 e. The number of nitrogens with two attached hydrogens (primary N) is 1. The van der Waals surface area contributed by atoms with E-state index in [9.17, 15) is 8.78 Å². The number of benzene rings is 1. The van der Waals surface area contributed by atoms with Gasteiger partial charge in [-0.25, -0.2) is 8.78 Å². The van der Waals surface area contributed by atoms with Gasteiger partial charge < -0.3 is 10.6 Å². The fourth-order valence-electron chi connectivity index (χ4n) is 1.18. The fourth-order valence-corrected chi connectivity index (χ4v) is 1.18. The molecule has 0 fully saturated rings. The first-order valence-electron chi connectivity index (χ1n) is 4.35. The largest absolute Gasteiger partial charge is 0.375 e. The predicted molar refractivity (Wildman–Crippen MR) is 53.3 cm³/mol. The summed E-state index contributed by atoms with van der Waals surface area (Å²) >= 11 is 0. The number of hydrogen-bond donors (Lipinski definition) is 1. The molecular weight excluding hydrogens is 186 g/mol. The van der Waals surface area contributed by atoms with Gasteiger partial charge in [0.05, 0.1) is 5.69 Å². The van der Waals surface area contributed by atoms with Crippen LogP contribution in [-0.4, -0.2) is 14.1 Å². The van der Waals surface area contributed by atoms with E-state index in [0.29, 0.717) is 5.56 Å². The molecule has 0 radical (unpaired) electrons. The van der Waals surface area contributed by atoms with Crippen LogP contribution in [0.3, 0.4) is 0 Å². The van der Waals surface area contributed by atoms with E-state index in [1.165, 1.54) is 4.90 Å². The molecule has 0 aliphatic carbocycles. The third kappa shape index (κ3) is 2.01. The molecule has 0 amide bonds. The number of rotatable bonds is 2. The van der Waals surface area contributed by atoms with E-state index in [1.54, 1.807) is 27.1 Å². The van der Waals surface area contributed by atoms with Crippen molar-refractivity contribution in [1.82, 2.24) is 0 Å². The maximum absolute atomic E-state index is 13.2. The quantitative estimate of drug-likeness (QED) is 0.791. The molecule has 4 heteroatoms. The van der Waals surface area contributed by atoms with Crippen molar-refractivity contribution < 1.29 is 8.78 Å². The highest BCUT2D eigenvalue weighted by Crippen LogP contribution is 2.24. The molecule has 1 aromatic carbocycles. The van der Waals surface area contributed by atoms with Crippen LogP contribution in [0, 0.1) is 11.6 Å². The van der Waals surface area contributed by atoms with Crippen LogP contribution in [0.1, 0.15) is 18.5 Å². The van der Waals surface area contributed by atoms with E-state index in [-0.39, 0.29) is 11.7 Å². The van der Waals surface area contributed by atoms with Crippen molar-refractivity contribution in [3.8, 4) is 0 Å². The van der Waals surface area contributed by atoms with Gasteiger partial charge >= 0.3 is 0 Å². The fraction of sp³-hybridized carbons (Fsp3) is 0.400. The van der Waals surface area contributed by atoms with Crippen LogP contribution >= 0.6 is 0 Å². The lowest BCUT2D eigenvalue weighted by molar-refractivity contribution is 0.506. The molecular formula is C10H14F2N2. The van der Waals surface area contributed by atoms with Crippen molar-refractivity contribution in [1.29, 1.82) is 0 Å². The Morgan fingerprint density at radius 2 is 1.86 bits per heavy atom. The zero-order chi connectivity index (χ0) is 10.9. The van der Waals surface area contributed by atoms with E-state index >= 15 is 0 Å². The van der Waals surface area contributed by atoms with Gasteiger partial charge in [0, 0.05) is 20.1 Å². The maximum atomic E-state index is 13.2. The Kier molecular flexibility index (Phi) is 3.06. The predicted octanol–water partition coefficient (Wildman–Crippen LogP) is 2.05. The Labute approximate surface area is 82.3 Å². The minimum atomic E-state index is -0.858. The van der Waals surface area contributed by atoms with Crippen molar-refractivity contribution in [2.24, 2.45) is 5.73 Å². The average Bonchev–Trinajstić information content (AvgIpc) is 2.08. The Hall–Kier alpha value is -1.16. The van der Waals surface area contributed by atoms with Gasteiger partial charge in [-0.05, 0) is 24.6 Å². The number of nitrogens with zero attached hydrogens (tertiary/aromatic N) is 1. The summed E-state index contributed by atoms with van der Waals surface area (Å²) in [5.74, 6) is -1.69. The molecule has 0 aliphatic rings. The maximum Gasteiger partial charge on any atom is 0.182 e. The highest BCUT2D eigenvalue weighted by Gasteiger charge is 2.13. The normalized spacial score (nSPS) is 12.7. The molecule has 0 saturated carbocycles.